The van der Waals surface area contributed by atoms with Crippen LogP contribution in [-0.4, -0.2) is 37.6 Å². The van der Waals surface area contributed by atoms with Gasteiger partial charge in [-0.25, -0.2) is 4.39 Å². The van der Waals surface area contributed by atoms with Gasteiger partial charge in [0.1, 0.15) is 0 Å². The normalized spacial score (nSPS) is 14.2. The highest BCUT2D eigenvalue weighted by Gasteiger charge is 2.35. The van der Waals surface area contributed by atoms with Crippen molar-refractivity contribution in [3.63, 3.8) is 0 Å². The highest BCUT2D eigenvalue weighted by molar-refractivity contribution is 6.21. The number of benzene rings is 1. The van der Waals surface area contributed by atoms with Gasteiger partial charge in [-0.2, -0.15) is 5.10 Å². The summed E-state index contributed by atoms with van der Waals surface area (Å²) in [4.78, 5) is 38.3. The van der Waals surface area contributed by atoms with Crippen molar-refractivity contribution < 1.29 is 14.0 Å². The summed E-state index contributed by atoms with van der Waals surface area (Å²) in [7, 11) is 0. The summed E-state index contributed by atoms with van der Waals surface area (Å²) in [6.45, 7) is 2.24. The number of hydrogen-bond donors (Lipinski definition) is 0. The number of carbonyl (C=O) groups is 2. The van der Waals surface area contributed by atoms with Crippen LogP contribution in [0.5, 0.6) is 0 Å². The summed E-state index contributed by atoms with van der Waals surface area (Å²) in [5.74, 6) is -0.896. The lowest BCUT2D eigenvalue weighted by Crippen LogP contribution is -2.32. The molecule has 1 aliphatic rings. The average Bonchev–Trinajstić information content (AvgIpc) is 3.23. The molecule has 1 aliphatic heterocycles. The molecule has 3 aromatic rings. The highest BCUT2D eigenvalue weighted by Crippen LogP contribution is 2.23. The van der Waals surface area contributed by atoms with Crippen LogP contribution in [0.1, 0.15) is 27.6 Å². The van der Waals surface area contributed by atoms with E-state index in [-0.39, 0.29) is 24.2 Å². The highest BCUT2D eigenvalue weighted by atomic mass is 19.1. The fourth-order valence-corrected chi connectivity index (χ4v) is 3.35. The summed E-state index contributed by atoms with van der Waals surface area (Å²) in [6.07, 6.45) is 3.59. The monoisotopic (exact) mass is 380 g/mol. The van der Waals surface area contributed by atoms with Crippen molar-refractivity contribution in [2.24, 2.45) is 0 Å². The maximum Gasteiger partial charge on any atom is 0.261 e. The minimum absolute atomic E-state index is 0.0180. The van der Waals surface area contributed by atoms with Crippen molar-refractivity contribution in [1.29, 1.82) is 0 Å². The number of pyridine rings is 1. The molecule has 0 saturated carbocycles. The quantitative estimate of drug-likeness (QED) is 0.637. The van der Waals surface area contributed by atoms with Gasteiger partial charge in [-0.05, 0) is 30.7 Å². The Bertz CT molecular complexity index is 1160. The first kappa shape index (κ1) is 17.8. The van der Waals surface area contributed by atoms with Crippen LogP contribution in [0.15, 0.2) is 59.4 Å². The van der Waals surface area contributed by atoms with E-state index in [4.69, 9.17) is 0 Å². The number of nitrogens with zero attached hydrogens (tertiary/aromatic N) is 4. The number of amides is 2. The molecule has 0 unspecified atom stereocenters. The molecule has 0 N–H and O–H groups in total. The molecule has 0 bridgehead atoms. The predicted octanol–water partition coefficient (Wildman–Crippen LogP) is 2.37. The van der Waals surface area contributed by atoms with Gasteiger partial charge in [0.05, 0.1) is 41.4 Å². The molecule has 0 fully saturated rings. The number of hydrogen-bond acceptors (Lipinski definition) is 4. The molecule has 0 radical (unpaired) electrons. The SMILES string of the molecule is CCn1ccc2nn(C/C(=C/F)CN3C(=O)c4ccccc4C3=O)cc2c1=O. The molecule has 1 aromatic carbocycles. The van der Waals surface area contributed by atoms with Gasteiger partial charge in [0.15, 0.2) is 0 Å². The molecular formula is C20H17FN4O3. The number of aryl methyl sites for hydroxylation is 1. The van der Waals surface area contributed by atoms with Gasteiger partial charge in [0.25, 0.3) is 17.4 Å². The zero-order valence-corrected chi connectivity index (χ0v) is 15.1. The molecule has 142 valence electrons. The average molecular weight is 380 g/mol. The molecule has 2 amide bonds. The molecule has 0 saturated heterocycles. The second-order valence-electron chi connectivity index (χ2n) is 6.54. The van der Waals surface area contributed by atoms with E-state index in [9.17, 15) is 18.8 Å². The Morgan fingerprint density at radius 3 is 2.36 bits per heavy atom. The van der Waals surface area contributed by atoms with E-state index in [1.54, 1.807) is 47.3 Å². The van der Waals surface area contributed by atoms with Crippen molar-refractivity contribution in [3.8, 4) is 0 Å². The largest absolute Gasteiger partial charge is 0.315 e. The van der Waals surface area contributed by atoms with Gasteiger partial charge < -0.3 is 4.57 Å². The topological polar surface area (TPSA) is 77.2 Å². The van der Waals surface area contributed by atoms with Gasteiger partial charge in [-0.1, -0.05) is 12.1 Å². The lowest BCUT2D eigenvalue weighted by Gasteiger charge is -2.15. The number of carbonyl (C=O) groups excluding carboxylic acids is 2. The second-order valence-corrected chi connectivity index (χ2v) is 6.54. The molecule has 4 rings (SSSR count). The summed E-state index contributed by atoms with van der Waals surface area (Å²) in [6, 6.07) is 8.23. The van der Waals surface area contributed by atoms with Crippen LogP contribution in [-0.2, 0) is 13.1 Å². The molecule has 2 aromatic heterocycles. The molecule has 0 atom stereocenters. The number of rotatable bonds is 5. The fourth-order valence-electron chi connectivity index (χ4n) is 3.35. The summed E-state index contributed by atoms with van der Waals surface area (Å²) in [5, 5.41) is 4.73. The zero-order valence-electron chi connectivity index (χ0n) is 15.1. The Balaban J connectivity index is 1.57. The Morgan fingerprint density at radius 1 is 1.07 bits per heavy atom. The first-order valence-corrected chi connectivity index (χ1v) is 8.83. The lowest BCUT2D eigenvalue weighted by molar-refractivity contribution is 0.0666. The Morgan fingerprint density at radius 2 is 1.75 bits per heavy atom. The van der Waals surface area contributed by atoms with Crippen molar-refractivity contribution in [1.82, 2.24) is 19.2 Å². The summed E-state index contributed by atoms with van der Waals surface area (Å²) in [5.41, 5.74) is 1.16. The Kier molecular flexibility index (Phi) is 4.38. The third-order valence-electron chi connectivity index (χ3n) is 4.79. The fraction of sp³-hybridized carbons (Fsp3) is 0.200. The van der Waals surface area contributed by atoms with Gasteiger partial charge in [-0.3, -0.25) is 24.0 Å². The maximum atomic E-state index is 13.5. The lowest BCUT2D eigenvalue weighted by atomic mass is 10.1. The van der Waals surface area contributed by atoms with Crippen LogP contribution in [0, 0.1) is 0 Å². The number of fused-ring (bicyclic) bond motifs is 2. The van der Waals surface area contributed by atoms with E-state index in [1.807, 2.05) is 6.92 Å². The molecular weight excluding hydrogens is 363 g/mol. The van der Waals surface area contributed by atoms with Crippen molar-refractivity contribution in [2.75, 3.05) is 6.54 Å². The van der Waals surface area contributed by atoms with Crippen molar-refractivity contribution in [3.05, 3.63) is 76.1 Å². The molecule has 28 heavy (non-hydrogen) atoms. The third kappa shape index (κ3) is 2.83. The molecule has 0 spiro atoms. The van der Waals surface area contributed by atoms with Crippen LogP contribution >= 0.6 is 0 Å². The first-order valence-electron chi connectivity index (χ1n) is 8.83. The van der Waals surface area contributed by atoms with Crippen LogP contribution in [0.25, 0.3) is 10.9 Å². The van der Waals surface area contributed by atoms with Crippen LogP contribution in [0.4, 0.5) is 4.39 Å². The Hall–Kier alpha value is -3.55. The number of imide groups is 1. The van der Waals surface area contributed by atoms with E-state index in [0.29, 0.717) is 34.9 Å². The van der Waals surface area contributed by atoms with E-state index in [1.165, 1.54) is 4.68 Å². The van der Waals surface area contributed by atoms with Gasteiger partial charge in [0.2, 0.25) is 0 Å². The molecule has 3 heterocycles. The zero-order chi connectivity index (χ0) is 19.8. The minimum Gasteiger partial charge on any atom is -0.315 e. The summed E-state index contributed by atoms with van der Waals surface area (Å²) < 4.78 is 16.5. The third-order valence-corrected chi connectivity index (χ3v) is 4.79. The van der Waals surface area contributed by atoms with Crippen LogP contribution in [0.3, 0.4) is 0 Å². The van der Waals surface area contributed by atoms with Gasteiger partial charge in [-0.15, -0.1) is 0 Å². The van der Waals surface area contributed by atoms with Crippen LogP contribution in [0.2, 0.25) is 0 Å². The standard InChI is InChI=1S/C20H17FN4O3/c1-2-23-8-7-17-16(18(23)26)12-24(22-17)10-13(9-21)11-25-19(27)14-5-3-4-6-15(14)20(25)28/h3-9,12H,2,10-11H2,1H3/b13-9-. The van der Waals surface area contributed by atoms with Crippen LogP contribution < -0.4 is 5.56 Å². The van der Waals surface area contributed by atoms with Gasteiger partial charge >= 0.3 is 0 Å². The Labute approximate surface area is 159 Å². The predicted molar refractivity (Wildman–Crippen MR) is 101 cm³/mol. The maximum absolute atomic E-state index is 13.5. The molecule has 7 nitrogen and oxygen atoms in total. The van der Waals surface area contributed by atoms with Gasteiger partial charge in [0, 0.05) is 18.9 Å². The van der Waals surface area contributed by atoms with E-state index in [2.05, 4.69) is 5.10 Å². The number of aromatic nitrogens is 3. The minimum atomic E-state index is -0.448. The second kappa shape index (κ2) is 6.88. The smallest absolute Gasteiger partial charge is 0.261 e. The van der Waals surface area contributed by atoms with E-state index < -0.39 is 11.8 Å². The van der Waals surface area contributed by atoms with Crippen molar-refractivity contribution >= 4 is 22.7 Å². The van der Waals surface area contributed by atoms with E-state index >= 15 is 0 Å². The molecule has 0 aliphatic carbocycles. The summed E-state index contributed by atoms with van der Waals surface area (Å²) >= 11 is 0. The van der Waals surface area contributed by atoms with Crippen molar-refractivity contribution in [2.45, 2.75) is 20.0 Å². The first-order chi connectivity index (χ1) is 13.5. The number of halogens is 1. The van der Waals surface area contributed by atoms with E-state index in [0.717, 1.165) is 4.90 Å². The molecule has 8 heteroatoms.